The number of H-pyrrole nitrogens is 2. The van der Waals surface area contributed by atoms with Gasteiger partial charge in [-0.2, -0.15) is 0 Å². The Balaban J connectivity index is 1.55. The Morgan fingerprint density at radius 2 is 1.06 bits per heavy atom. The highest BCUT2D eigenvalue weighted by atomic mass is 16.1. The molecule has 4 nitrogen and oxygen atoms in total. The van der Waals surface area contributed by atoms with E-state index in [2.05, 4.69) is 57.7 Å². The molecule has 0 aliphatic rings. The van der Waals surface area contributed by atoms with Crippen LogP contribution in [0, 0.1) is 0 Å². The van der Waals surface area contributed by atoms with E-state index in [1.165, 1.54) is 6.92 Å². The van der Waals surface area contributed by atoms with Crippen molar-refractivity contribution < 1.29 is 4.79 Å². The number of hydrogen-bond donors (Lipinski definition) is 3. The second kappa shape index (κ2) is 8.44. The Morgan fingerprint density at radius 3 is 1.50 bits per heavy atom. The third-order valence-corrected chi connectivity index (χ3v) is 5.46. The van der Waals surface area contributed by atoms with Gasteiger partial charge in [-0.05, 0) is 52.6 Å². The van der Waals surface area contributed by atoms with E-state index < -0.39 is 0 Å². The van der Waals surface area contributed by atoms with Crippen LogP contribution in [0.3, 0.4) is 0 Å². The van der Waals surface area contributed by atoms with Crippen molar-refractivity contribution in [3.8, 4) is 44.8 Å². The first-order chi connectivity index (χ1) is 15.7. The molecule has 0 saturated carbocycles. The van der Waals surface area contributed by atoms with Crippen molar-refractivity contribution in [2.24, 2.45) is 0 Å². The first kappa shape index (κ1) is 19.6. The summed E-state index contributed by atoms with van der Waals surface area (Å²) in [6.07, 6.45) is 4.02. The molecule has 0 fully saturated rings. The molecule has 0 bridgehead atoms. The van der Waals surface area contributed by atoms with E-state index in [0.29, 0.717) is 0 Å². The van der Waals surface area contributed by atoms with Gasteiger partial charge in [-0.15, -0.1) is 0 Å². The number of amides is 1. The minimum Gasteiger partial charge on any atom is -0.361 e. The van der Waals surface area contributed by atoms with Crippen molar-refractivity contribution in [1.29, 1.82) is 0 Å². The highest BCUT2D eigenvalue weighted by Gasteiger charge is 2.11. The van der Waals surface area contributed by atoms with Crippen molar-refractivity contribution in [3.63, 3.8) is 0 Å². The molecular weight excluding hydrogens is 394 g/mol. The maximum atomic E-state index is 11.8. The van der Waals surface area contributed by atoms with Gasteiger partial charge in [-0.1, -0.05) is 60.7 Å². The Kier molecular flexibility index (Phi) is 5.18. The predicted molar refractivity (Wildman–Crippen MR) is 131 cm³/mol. The molecule has 0 radical (unpaired) electrons. The second-order valence-electron chi connectivity index (χ2n) is 7.82. The molecule has 0 aliphatic heterocycles. The fourth-order valence-corrected chi connectivity index (χ4v) is 3.93. The normalized spacial score (nSPS) is 10.8. The summed E-state index contributed by atoms with van der Waals surface area (Å²) in [6.45, 7) is 1.52. The summed E-state index contributed by atoms with van der Waals surface area (Å²) < 4.78 is 0. The number of benzene rings is 3. The SMILES string of the molecule is CC(=O)Nc1cc(-c2cc(-c3ccccc3)c[nH]2)cc(-c2cc(-c3ccccc3)c[nH]2)c1. The summed E-state index contributed by atoms with van der Waals surface area (Å²) in [7, 11) is 0. The van der Waals surface area contributed by atoms with Gasteiger partial charge >= 0.3 is 0 Å². The van der Waals surface area contributed by atoms with Crippen LogP contribution >= 0.6 is 0 Å². The smallest absolute Gasteiger partial charge is 0.221 e. The molecule has 32 heavy (non-hydrogen) atoms. The van der Waals surface area contributed by atoms with Crippen LogP contribution in [0.25, 0.3) is 44.8 Å². The zero-order valence-corrected chi connectivity index (χ0v) is 17.7. The van der Waals surface area contributed by atoms with Crippen LogP contribution in [0.1, 0.15) is 6.92 Å². The molecule has 4 heteroatoms. The van der Waals surface area contributed by atoms with Gasteiger partial charge in [0.25, 0.3) is 0 Å². The molecule has 0 saturated heterocycles. The van der Waals surface area contributed by atoms with Crippen LogP contribution in [0.4, 0.5) is 5.69 Å². The van der Waals surface area contributed by atoms with Crippen molar-refractivity contribution in [1.82, 2.24) is 9.97 Å². The number of anilines is 1. The largest absolute Gasteiger partial charge is 0.361 e. The summed E-state index contributed by atoms with van der Waals surface area (Å²) in [4.78, 5) is 18.5. The van der Waals surface area contributed by atoms with Gasteiger partial charge in [-0.3, -0.25) is 4.79 Å². The lowest BCUT2D eigenvalue weighted by molar-refractivity contribution is -0.114. The molecule has 5 rings (SSSR count). The number of carbonyl (C=O) groups is 1. The Labute approximate surface area is 187 Å². The molecule has 156 valence electrons. The minimum atomic E-state index is -0.0963. The summed E-state index contributed by atoms with van der Waals surface area (Å²) in [6, 6.07) is 30.9. The van der Waals surface area contributed by atoms with Crippen LogP contribution in [0.5, 0.6) is 0 Å². The average Bonchev–Trinajstić information content (AvgIpc) is 3.50. The van der Waals surface area contributed by atoms with Crippen molar-refractivity contribution in [3.05, 3.63) is 103 Å². The van der Waals surface area contributed by atoms with E-state index in [9.17, 15) is 4.79 Å². The molecule has 0 atom stereocenters. The number of aromatic amines is 2. The number of nitrogens with one attached hydrogen (secondary N) is 3. The molecule has 3 N–H and O–H groups in total. The lowest BCUT2D eigenvalue weighted by Gasteiger charge is -2.09. The highest BCUT2D eigenvalue weighted by molar-refractivity contribution is 5.91. The average molecular weight is 418 g/mol. The van der Waals surface area contributed by atoms with Gasteiger partial charge < -0.3 is 15.3 Å². The molecule has 1 amide bonds. The molecular formula is C28H23N3O. The van der Waals surface area contributed by atoms with Crippen molar-refractivity contribution >= 4 is 11.6 Å². The van der Waals surface area contributed by atoms with Crippen molar-refractivity contribution in [2.75, 3.05) is 5.32 Å². The summed E-state index contributed by atoms with van der Waals surface area (Å²) >= 11 is 0. The molecule has 5 aromatic rings. The molecule has 2 heterocycles. The number of aromatic nitrogens is 2. The molecule has 0 aliphatic carbocycles. The Morgan fingerprint density at radius 1 is 0.594 bits per heavy atom. The van der Waals surface area contributed by atoms with Crippen LogP contribution < -0.4 is 5.32 Å². The topological polar surface area (TPSA) is 60.7 Å². The zero-order valence-electron chi connectivity index (χ0n) is 17.7. The van der Waals surface area contributed by atoms with Crippen LogP contribution in [0.2, 0.25) is 0 Å². The Bertz CT molecular complexity index is 1270. The lowest BCUT2D eigenvalue weighted by Crippen LogP contribution is -2.05. The predicted octanol–water partition coefficient (Wildman–Crippen LogP) is 6.97. The molecule has 3 aromatic carbocycles. The van der Waals surface area contributed by atoms with Gasteiger partial charge in [0.05, 0.1) is 0 Å². The van der Waals surface area contributed by atoms with Crippen LogP contribution in [-0.4, -0.2) is 15.9 Å². The summed E-state index contributed by atoms with van der Waals surface area (Å²) in [5.74, 6) is -0.0963. The highest BCUT2D eigenvalue weighted by Crippen LogP contribution is 2.33. The summed E-state index contributed by atoms with van der Waals surface area (Å²) in [5, 5.41) is 2.94. The van der Waals surface area contributed by atoms with Gasteiger partial charge in [0.15, 0.2) is 0 Å². The van der Waals surface area contributed by atoms with Gasteiger partial charge in [0.2, 0.25) is 5.91 Å². The van der Waals surface area contributed by atoms with E-state index in [0.717, 1.165) is 50.5 Å². The molecule has 0 unspecified atom stereocenters. The monoisotopic (exact) mass is 417 g/mol. The Hall–Kier alpha value is -4.31. The third kappa shape index (κ3) is 4.12. The zero-order chi connectivity index (χ0) is 21.9. The standard InChI is InChI=1S/C28H23N3O/c1-19(32)31-26-13-22(27-15-24(17-29-27)20-8-4-2-5-9-20)12-23(14-26)28-16-25(18-30-28)21-10-6-3-7-11-21/h2-18,29-30H,1H3,(H,31,32). The fraction of sp³-hybridized carbons (Fsp3) is 0.0357. The molecule has 2 aromatic heterocycles. The third-order valence-electron chi connectivity index (χ3n) is 5.46. The van der Waals surface area contributed by atoms with Crippen LogP contribution in [-0.2, 0) is 4.79 Å². The number of hydrogen-bond acceptors (Lipinski definition) is 1. The van der Waals surface area contributed by atoms with Gasteiger partial charge in [0.1, 0.15) is 0 Å². The van der Waals surface area contributed by atoms with Gasteiger partial charge in [0, 0.05) is 47.5 Å². The maximum Gasteiger partial charge on any atom is 0.221 e. The molecule has 0 spiro atoms. The quantitative estimate of drug-likeness (QED) is 0.284. The first-order valence-electron chi connectivity index (χ1n) is 10.6. The van der Waals surface area contributed by atoms with Crippen molar-refractivity contribution in [2.45, 2.75) is 6.92 Å². The van der Waals surface area contributed by atoms with Crippen LogP contribution in [0.15, 0.2) is 103 Å². The van der Waals surface area contributed by atoms with E-state index in [1.807, 2.05) is 60.9 Å². The fourth-order valence-electron chi connectivity index (χ4n) is 3.93. The van der Waals surface area contributed by atoms with Gasteiger partial charge in [-0.25, -0.2) is 0 Å². The van der Waals surface area contributed by atoms with E-state index >= 15 is 0 Å². The minimum absolute atomic E-state index is 0.0963. The first-order valence-corrected chi connectivity index (χ1v) is 10.6. The lowest BCUT2D eigenvalue weighted by atomic mass is 10.0. The number of rotatable bonds is 5. The number of carbonyl (C=O) groups excluding carboxylic acids is 1. The van der Waals surface area contributed by atoms with E-state index in [1.54, 1.807) is 0 Å². The maximum absolute atomic E-state index is 11.8. The summed E-state index contributed by atoms with van der Waals surface area (Å²) in [5.41, 5.74) is 9.32. The second-order valence-corrected chi connectivity index (χ2v) is 7.82. The van der Waals surface area contributed by atoms with E-state index in [4.69, 9.17) is 0 Å². The van der Waals surface area contributed by atoms with E-state index in [-0.39, 0.29) is 5.91 Å².